The molecule has 0 aromatic rings. The van der Waals surface area contributed by atoms with Crippen LogP contribution in [0.5, 0.6) is 0 Å². The molecule has 2 nitrogen and oxygen atoms in total. The Bertz CT molecular complexity index is 323. The van der Waals surface area contributed by atoms with Gasteiger partial charge in [-0.25, -0.2) is 0 Å². The molecule has 4 bridgehead atoms. The number of hydrogen-bond acceptors (Lipinski definition) is 2. The maximum absolute atomic E-state index is 13.1. The van der Waals surface area contributed by atoms with E-state index in [1.807, 2.05) is 0 Å². The van der Waals surface area contributed by atoms with Crippen molar-refractivity contribution in [1.82, 2.24) is 4.90 Å². The summed E-state index contributed by atoms with van der Waals surface area (Å²) < 4.78 is 0. The lowest BCUT2D eigenvalue weighted by molar-refractivity contribution is -0.148. The number of hydrogen-bond donors (Lipinski definition) is 0. The van der Waals surface area contributed by atoms with Crippen LogP contribution in [0.4, 0.5) is 0 Å². The van der Waals surface area contributed by atoms with E-state index in [2.05, 4.69) is 25.7 Å². The molecule has 108 valence electrons. The van der Waals surface area contributed by atoms with E-state index >= 15 is 0 Å². The van der Waals surface area contributed by atoms with Gasteiger partial charge in [0.25, 0.3) is 0 Å². The van der Waals surface area contributed by atoms with Gasteiger partial charge >= 0.3 is 0 Å². The molecule has 0 unspecified atom stereocenters. The molecule has 0 heterocycles. The topological polar surface area (TPSA) is 20.3 Å². The van der Waals surface area contributed by atoms with Crippen molar-refractivity contribution in [1.29, 1.82) is 0 Å². The Hall–Kier alpha value is -0.370. The largest absolute Gasteiger partial charge is 0.297 e. The summed E-state index contributed by atoms with van der Waals surface area (Å²) in [5.74, 6) is 3.20. The normalized spacial score (nSPS) is 41.8. The van der Waals surface area contributed by atoms with E-state index in [0.29, 0.717) is 5.78 Å². The number of rotatable bonds is 5. The van der Waals surface area contributed by atoms with Gasteiger partial charge in [-0.2, -0.15) is 0 Å². The van der Waals surface area contributed by atoms with Crippen molar-refractivity contribution in [2.45, 2.75) is 65.3 Å². The lowest BCUT2D eigenvalue weighted by atomic mass is 9.48. The van der Waals surface area contributed by atoms with Crippen LogP contribution in [0.15, 0.2) is 0 Å². The molecule has 0 aliphatic heterocycles. The lowest BCUT2D eigenvalue weighted by Crippen LogP contribution is -2.55. The summed E-state index contributed by atoms with van der Waals surface area (Å²) in [6.07, 6.45) is 7.90. The summed E-state index contributed by atoms with van der Waals surface area (Å²) in [4.78, 5) is 15.4. The van der Waals surface area contributed by atoms with Gasteiger partial charge in [-0.1, -0.05) is 13.8 Å². The van der Waals surface area contributed by atoms with Gasteiger partial charge in [0.1, 0.15) is 0 Å². The molecule has 0 aromatic carbocycles. The van der Waals surface area contributed by atoms with Gasteiger partial charge < -0.3 is 0 Å². The van der Waals surface area contributed by atoms with Crippen molar-refractivity contribution in [2.24, 2.45) is 23.2 Å². The number of ketones is 1. The van der Waals surface area contributed by atoms with Gasteiger partial charge in [0.05, 0.1) is 6.04 Å². The molecule has 1 atom stereocenters. The summed E-state index contributed by atoms with van der Waals surface area (Å²) >= 11 is 0. The first-order valence-corrected chi connectivity index (χ1v) is 8.36. The van der Waals surface area contributed by atoms with Crippen LogP contribution in [-0.2, 0) is 4.79 Å². The zero-order valence-electron chi connectivity index (χ0n) is 12.8. The van der Waals surface area contributed by atoms with Gasteiger partial charge in [-0.05, 0) is 76.3 Å². The summed E-state index contributed by atoms with van der Waals surface area (Å²) in [5, 5.41) is 0. The standard InChI is InChI=1S/C17H29NO/c1-4-18(5-2)12(3)16(19)17-9-13-6-14(10-17)8-15(7-13)11-17/h12-15H,4-11H2,1-3H3/t12-,13?,14?,15?,17?/m1/s1. The molecular weight excluding hydrogens is 234 g/mol. The molecule has 2 heteroatoms. The van der Waals surface area contributed by atoms with Crippen molar-refractivity contribution in [3.8, 4) is 0 Å². The molecule has 4 fully saturated rings. The van der Waals surface area contributed by atoms with E-state index in [9.17, 15) is 4.79 Å². The third kappa shape index (κ3) is 2.16. The van der Waals surface area contributed by atoms with Crippen LogP contribution in [0.1, 0.15) is 59.3 Å². The molecule has 4 saturated carbocycles. The van der Waals surface area contributed by atoms with Gasteiger partial charge in [0, 0.05) is 5.41 Å². The van der Waals surface area contributed by atoms with Crippen molar-refractivity contribution in [3.05, 3.63) is 0 Å². The second-order valence-electron chi connectivity index (χ2n) is 7.46. The molecular formula is C17H29NO. The Balaban J connectivity index is 1.79. The van der Waals surface area contributed by atoms with Crippen LogP contribution in [0.25, 0.3) is 0 Å². The molecule has 0 spiro atoms. The fourth-order valence-corrected chi connectivity index (χ4v) is 5.79. The fourth-order valence-electron chi connectivity index (χ4n) is 5.79. The molecule has 4 aliphatic rings. The molecule has 4 aliphatic carbocycles. The first kappa shape index (κ1) is 13.6. The third-order valence-electron chi connectivity index (χ3n) is 6.30. The predicted molar refractivity (Wildman–Crippen MR) is 78.0 cm³/mol. The maximum Gasteiger partial charge on any atom is 0.155 e. The molecule has 0 saturated heterocycles. The zero-order valence-corrected chi connectivity index (χ0v) is 12.8. The number of Topliss-reactive ketones (excluding diaryl/α,β-unsaturated/α-hetero) is 1. The van der Waals surface area contributed by atoms with E-state index in [1.165, 1.54) is 38.5 Å². The zero-order chi connectivity index (χ0) is 13.6. The first-order valence-electron chi connectivity index (χ1n) is 8.36. The molecule has 4 rings (SSSR count). The fraction of sp³-hybridized carbons (Fsp3) is 0.941. The Labute approximate surface area is 117 Å². The predicted octanol–water partition coefficient (Wildman–Crippen LogP) is 3.50. The summed E-state index contributed by atoms with van der Waals surface area (Å²) in [6, 6.07) is 0.131. The highest BCUT2D eigenvalue weighted by atomic mass is 16.1. The van der Waals surface area contributed by atoms with Crippen molar-refractivity contribution in [3.63, 3.8) is 0 Å². The summed E-state index contributed by atoms with van der Waals surface area (Å²) in [6.45, 7) is 8.49. The average Bonchev–Trinajstić information content (AvgIpc) is 2.37. The van der Waals surface area contributed by atoms with Crippen molar-refractivity contribution >= 4 is 5.78 Å². The molecule has 0 aromatic heterocycles. The second-order valence-corrected chi connectivity index (χ2v) is 7.46. The Morgan fingerprint density at radius 2 is 1.47 bits per heavy atom. The van der Waals surface area contributed by atoms with Gasteiger partial charge in [0.2, 0.25) is 0 Å². The number of nitrogens with zero attached hydrogens (tertiary/aromatic N) is 1. The molecule has 0 amide bonds. The average molecular weight is 263 g/mol. The highest BCUT2D eigenvalue weighted by Gasteiger charge is 2.55. The van der Waals surface area contributed by atoms with Crippen molar-refractivity contribution in [2.75, 3.05) is 13.1 Å². The molecule has 19 heavy (non-hydrogen) atoms. The Kier molecular flexibility index (Phi) is 3.49. The van der Waals surface area contributed by atoms with E-state index in [0.717, 1.165) is 30.8 Å². The van der Waals surface area contributed by atoms with Crippen LogP contribution in [0, 0.1) is 23.2 Å². The van der Waals surface area contributed by atoms with Crippen LogP contribution >= 0.6 is 0 Å². The Morgan fingerprint density at radius 1 is 1.05 bits per heavy atom. The highest BCUT2D eigenvalue weighted by molar-refractivity contribution is 5.89. The number of likely N-dealkylation sites (N-methyl/N-ethyl adjacent to an activating group) is 1. The minimum absolute atomic E-state index is 0.0801. The monoisotopic (exact) mass is 263 g/mol. The summed E-state index contributed by atoms with van der Waals surface area (Å²) in [7, 11) is 0. The summed E-state index contributed by atoms with van der Waals surface area (Å²) in [5.41, 5.74) is 0.0801. The van der Waals surface area contributed by atoms with Gasteiger partial charge in [0.15, 0.2) is 5.78 Å². The molecule has 0 radical (unpaired) electrons. The van der Waals surface area contributed by atoms with Crippen molar-refractivity contribution < 1.29 is 4.79 Å². The number of carbonyl (C=O) groups excluding carboxylic acids is 1. The number of carbonyl (C=O) groups is 1. The quantitative estimate of drug-likeness (QED) is 0.756. The van der Waals surface area contributed by atoms with E-state index in [-0.39, 0.29) is 11.5 Å². The van der Waals surface area contributed by atoms with Crippen LogP contribution in [0.3, 0.4) is 0 Å². The minimum Gasteiger partial charge on any atom is -0.297 e. The lowest BCUT2D eigenvalue weighted by Gasteiger charge is -2.56. The maximum atomic E-state index is 13.1. The second kappa shape index (κ2) is 4.87. The molecule has 0 N–H and O–H groups in total. The van der Waals surface area contributed by atoms with Crippen LogP contribution in [0.2, 0.25) is 0 Å². The van der Waals surface area contributed by atoms with Crippen LogP contribution < -0.4 is 0 Å². The van der Waals surface area contributed by atoms with E-state index in [1.54, 1.807) is 0 Å². The highest BCUT2D eigenvalue weighted by Crippen LogP contribution is 2.60. The van der Waals surface area contributed by atoms with Crippen LogP contribution in [-0.4, -0.2) is 29.8 Å². The van der Waals surface area contributed by atoms with Gasteiger partial charge in [-0.15, -0.1) is 0 Å². The first-order chi connectivity index (χ1) is 9.08. The van der Waals surface area contributed by atoms with E-state index < -0.39 is 0 Å². The smallest absolute Gasteiger partial charge is 0.155 e. The van der Waals surface area contributed by atoms with Gasteiger partial charge in [-0.3, -0.25) is 9.69 Å². The Morgan fingerprint density at radius 3 is 1.84 bits per heavy atom. The van der Waals surface area contributed by atoms with E-state index in [4.69, 9.17) is 0 Å². The minimum atomic E-state index is 0.0801. The SMILES string of the molecule is CCN(CC)[C@H](C)C(=O)C12CC3CC(CC(C3)C1)C2. The third-order valence-corrected chi connectivity index (χ3v) is 6.30.